The Kier molecular flexibility index (Phi) is 7.70. The average molecular weight is 622 g/mol. The van der Waals surface area contributed by atoms with Crippen LogP contribution in [0.2, 0.25) is 0 Å². The lowest BCUT2D eigenvalue weighted by Crippen LogP contribution is -2.74. The van der Waals surface area contributed by atoms with Gasteiger partial charge in [-0.15, -0.1) is 0 Å². The van der Waals surface area contributed by atoms with Crippen molar-refractivity contribution in [2.45, 2.75) is 75.1 Å². The molecule has 0 saturated carbocycles. The van der Waals surface area contributed by atoms with Crippen LogP contribution in [0.25, 0.3) is 0 Å². The van der Waals surface area contributed by atoms with Crippen LogP contribution in [0.4, 0.5) is 0 Å². The van der Waals surface area contributed by atoms with E-state index in [2.05, 4.69) is 4.90 Å². The number of rotatable bonds is 9. The van der Waals surface area contributed by atoms with Gasteiger partial charge in [-0.05, 0) is 45.0 Å². The first-order valence-electron chi connectivity index (χ1n) is 14.9. The Balaban J connectivity index is 1.29. The first-order valence-corrected chi connectivity index (χ1v) is 14.9. The van der Waals surface area contributed by atoms with Gasteiger partial charge in [0.25, 0.3) is 0 Å². The molecule has 12 heteroatoms. The van der Waals surface area contributed by atoms with Crippen molar-refractivity contribution in [2.75, 3.05) is 13.6 Å². The van der Waals surface area contributed by atoms with Crippen LogP contribution in [0.15, 0.2) is 54.3 Å². The number of carbonyl (C=O) groups excluding carboxylic acids is 3. The van der Waals surface area contributed by atoms with Crippen molar-refractivity contribution < 1.29 is 53.4 Å². The Morgan fingerprint density at radius 3 is 2.49 bits per heavy atom. The van der Waals surface area contributed by atoms with Crippen LogP contribution in [0, 0.1) is 5.92 Å². The zero-order valence-corrected chi connectivity index (χ0v) is 25.1. The smallest absolute Gasteiger partial charge is 0.349 e. The van der Waals surface area contributed by atoms with Crippen molar-refractivity contribution in [3.63, 3.8) is 0 Å². The maximum absolute atomic E-state index is 13.6. The van der Waals surface area contributed by atoms with Gasteiger partial charge in [0.1, 0.15) is 17.4 Å². The third-order valence-electron chi connectivity index (χ3n) is 9.76. The molecule has 0 amide bonds. The molecule has 7 atom stereocenters. The highest BCUT2D eigenvalue weighted by Crippen LogP contribution is 2.64. The zero-order chi connectivity index (χ0) is 32.3. The fourth-order valence-electron chi connectivity index (χ4n) is 7.57. The van der Waals surface area contributed by atoms with E-state index in [1.165, 1.54) is 19.1 Å². The van der Waals surface area contributed by atoms with Gasteiger partial charge in [-0.3, -0.25) is 9.59 Å². The number of aliphatic hydroxyl groups excluding tert-OH is 1. The van der Waals surface area contributed by atoms with Crippen LogP contribution < -0.4 is 4.74 Å². The van der Waals surface area contributed by atoms with Crippen LogP contribution in [-0.4, -0.2) is 81.5 Å². The van der Waals surface area contributed by atoms with E-state index in [1.807, 2.05) is 13.1 Å². The minimum absolute atomic E-state index is 0.135. The van der Waals surface area contributed by atoms with E-state index < -0.39 is 59.1 Å². The van der Waals surface area contributed by atoms with Gasteiger partial charge in [0.05, 0.1) is 17.6 Å². The Morgan fingerprint density at radius 2 is 1.82 bits per heavy atom. The number of aliphatic carboxylic acids is 1. The maximum Gasteiger partial charge on any atom is 0.349 e. The van der Waals surface area contributed by atoms with Gasteiger partial charge >= 0.3 is 23.9 Å². The minimum atomic E-state index is -1.81. The standard InChI is InChI=1S/C33H35NO11/c1-17(25(42-18(2)36)31(40)45-27(29(37)38)19-7-5-4-6-8-19)30(39)43-22-11-12-33(41)23-15-20-9-10-21(16-35)26-24(20)32(33,28(22)44-26)13-14-34(23)3/h4-11,17,23,25,27-28,35,41H,12-16H2,1-3H3,(H,37,38)/t17-,23-,25-,27+,28+,32+,33-/m1/s1. The molecule has 0 unspecified atom stereocenters. The van der Waals surface area contributed by atoms with E-state index in [0.29, 0.717) is 30.7 Å². The molecular weight excluding hydrogens is 586 g/mol. The lowest BCUT2D eigenvalue weighted by Gasteiger charge is -2.61. The van der Waals surface area contributed by atoms with Gasteiger partial charge < -0.3 is 39.2 Å². The monoisotopic (exact) mass is 621 g/mol. The van der Waals surface area contributed by atoms with E-state index in [9.17, 15) is 34.5 Å². The van der Waals surface area contributed by atoms with Crippen molar-refractivity contribution >= 4 is 23.9 Å². The number of carboxylic acid groups (broad SMARTS) is 1. The molecule has 45 heavy (non-hydrogen) atoms. The van der Waals surface area contributed by atoms with Crippen molar-refractivity contribution in [3.8, 4) is 5.75 Å². The topological polar surface area (TPSA) is 169 Å². The zero-order valence-electron chi connectivity index (χ0n) is 25.1. The molecule has 2 aromatic carbocycles. The number of esters is 3. The molecule has 0 aromatic heterocycles. The van der Waals surface area contributed by atoms with Gasteiger partial charge in [-0.2, -0.15) is 0 Å². The van der Waals surface area contributed by atoms with Crippen LogP contribution in [0.5, 0.6) is 5.75 Å². The highest BCUT2D eigenvalue weighted by molar-refractivity contribution is 5.88. The predicted octanol–water partition coefficient (Wildman–Crippen LogP) is 1.94. The molecule has 2 bridgehead atoms. The molecule has 12 nitrogen and oxygen atoms in total. The summed E-state index contributed by atoms with van der Waals surface area (Å²) in [6.07, 6.45) is -1.56. The fraction of sp³-hybridized carbons (Fsp3) is 0.455. The van der Waals surface area contributed by atoms with Crippen molar-refractivity contribution in [2.24, 2.45) is 5.92 Å². The summed E-state index contributed by atoms with van der Waals surface area (Å²) in [6, 6.07) is 11.3. The number of ether oxygens (including phenoxy) is 4. The Labute approximate surface area is 259 Å². The third-order valence-corrected chi connectivity index (χ3v) is 9.76. The van der Waals surface area contributed by atoms with E-state index in [4.69, 9.17) is 18.9 Å². The first-order chi connectivity index (χ1) is 21.4. The molecule has 2 heterocycles. The van der Waals surface area contributed by atoms with Crippen molar-refractivity contribution in [3.05, 3.63) is 76.6 Å². The molecular formula is C33H35NO11. The average Bonchev–Trinajstić information content (AvgIpc) is 3.37. The summed E-state index contributed by atoms with van der Waals surface area (Å²) in [5.74, 6) is -5.31. The lowest BCUT2D eigenvalue weighted by molar-refractivity contribution is -0.184. The molecule has 1 spiro atoms. The fourth-order valence-corrected chi connectivity index (χ4v) is 7.57. The van der Waals surface area contributed by atoms with Gasteiger partial charge in [-0.25, -0.2) is 9.59 Å². The minimum Gasteiger partial charge on any atom is -0.481 e. The number of nitrogens with zero attached hydrogens (tertiary/aromatic N) is 1. The second-order valence-corrected chi connectivity index (χ2v) is 12.2. The summed E-state index contributed by atoms with van der Waals surface area (Å²) in [6.45, 7) is 2.73. The summed E-state index contributed by atoms with van der Waals surface area (Å²) in [5, 5.41) is 32.2. The van der Waals surface area contributed by atoms with Gasteiger partial charge in [0.15, 0.2) is 6.10 Å². The normalized spacial score (nSPS) is 28.0. The number of hydrogen-bond donors (Lipinski definition) is 3. The van der Waals surface area contributed by atoms with Crippen LogP contribution in [0.3, 0.4) is 0 Å². The van der Waals surface area contributed by atoms with E-state index in [0.717, 1.165) is 18.1 Å². The number of carbonyl (C=O) groups is 4. The summed E-state index contributed by atoms with van der Waals surface area (Å²) < 4.78 is 22.8. The molecule has 4 aliphatic rings. The summed E-state index contributed by atoms with van der Waals surface area (Å²) >= 11 is 0. The molecule has 238 valence electrons. The second kappa shape index (κ2) is 11.3. The van der Waals surface area contributed by atoms with Gasteiger partial charge in [0.2, 0.25) is 12.2 Å². The SMILES string of the molecule is CC(=O)O[C@@H](C(=O)O[C@H](C(=O)O)c1ccccc1)[C@@H](C)C(=O)OC1=CC[C@@]2(O)[C@H]3Cc4ccc(CO)c5c4[C@@]2(CCN3C)[C@H]1O5. The second-order valence-electron chi connectivity index (χ2n) is 12.2. The van der Waals surface area contributed by atoms with Gasteiger partial charge in [-0.1, -0.05) is 42.5 Å². The number of benzene rings is 2. The number of likely N-dealkylation sites (tertiary alicyclic amines) is 1. The van der Waals surface area contributed by atoms with Crippen LogP contribution >= 0.6 is 0 Å². The first kappa shape index (κ1) is 30.8. The Morgan fingerprint density at radius 1 is 1.09 bits per heavy atom. The number of carboxylic acids is 1. The molecule has 2 aliphatic heterocycles. The summed E-state index contributed by atoms with van der Waals surface area (Å²) in [7, 11) is 1.97. The summed E-state index contributed by atoms with van der Waals surface area (Å²) in [4.78, 5) is 52.9. The van der Waals surface area contributed by atoms with Crippen molar-refractivity contribution in [1.82, 2.24) is 4.90 Å². The lowest BCUT2D eigenvalue weighted by atomic mass is 9.50. The molecule has 3 N–H and O–H groups in total. The Hall–Kier alpha value is -4.26. The Bertz CT molecular complexity index is 1590. The third kappa shape index (κ3) is 4.70. The quantitative estimate of drug-likeness (QED) is 0.275. The highest BCUT2D eigenvalue weighted by atomic mass is 16.6. The van der Waals surface area contributed by atoms with E-state index in [1.54, 1.807) is 30.3 Å². The predicted molar refractivity (Wildman–Crippen MR) is 155 cm³/mol. The molecule has 2 aromatic rings. The number of likely N-dealkylation sites (N-methyl/N-ethyl adjacent to an activating group) is 1. The number of hydrogen-bond acceptors (Lipinski definition) is 11. The van der Waals surface area contributed by atoms with E-state index >= 15 is 0 Å². The molecule has 0 radical (unpaired) electrons. The summed E-state index contributed by atoms with van der Waals surface area (Å²) in [5.41, 5.74) is 0.354. The van der Waals surface area contributed by atoms with E-state index in [-0.39, 0.29) is 30.4 Å². The van der Waals surface area contributed by atoms with Crippen LogP contribution in [-0.2, 0) is 51.8 Å². The molecule has 1 fully saturated rings. The molecule has 1 saturated heterocycles. The number of piperidine rings is 1. The highest BCUT2D eigenvalue weighted by Gasteiger charge is 2.72. The molecule has 2 aliphatic carbocycles. The largest absolute Gasteiger partial charge is 0.481 e. The maximum atomic E-state index is 13.6. The number of aliphatic hydroxyl groups is 2. The van der Waals surface area contributed by atoms with Crippen molar-refractivity contribution in [1.29, 1.82) is 0 Å². The van der Waals surface area contributed by atoms with Crippen LogP contribution in [0.1, 0.15) is 55.0 Å². The van der Waals surface area contributed by atoms with Gasteiger partial charge in [0, 0.05) is 36.1 Å². The molecule has 6 rings (SSSR count).